The van der Waals surface area contributed by atoms with Gasteiger partial charge < -0.3 is 0 Å². The van der Waals surface area contributed by atoms with Gasteiger partial charge in [-0.3, -0.25) is 0 Å². The van der Waals surface area contributed by atoms with E-state index in [-0.39, 0.29) is 0 Å². The zero-order valence-electron chi connectivity index (χ0n) is 5.83. The first kappa shape index (κ1) is 10.6. The molecule has 10 heavy (non-hydrogen) atoms. The summed E-state index contributed by atoms with van der Waals surface area (Å²) in [6.07, 6.45) is 14.0. The van der Waals surface area contributed by atoms with Gasteiger partial charge in [-0.05, 0) is 25.7 Å². The predicted molar refractivity (Wildman–Crippen MR) is 45.7 cm³/mol. The second-order valence-electron chi connectivity index (χ2n) is 2.10. The van der Waals surface area contributed by atoms with E-state index in [0.29, 0.717) is 0 Å². The zero-order chi connectivity index (χ0) is 7.66. The minimum absolute atomic E-state index is 1.23. The molecule has 0 N–H and O–H groups in total. The fourth-order valence-electron chi connectivity index (χ4n) is 0.856. The Labute approximate surface area is 80.8 Å². The summed E-state index contributed by atoms with van der Waals surface area (Å²) in [6, 6.07) is 0. The second-order valence-corrected chi connectivity index (χ2v) is 2.10. The fourth-order valence-corrected chi connectivity index (χ4v) is 0.856. The molecule has 0 heterocycles. The summed E-state index contributed by atoms with van der Waals surface area (Å²) in [5.41, 5.74) is 0. The van der Waals surface area contributed by atoms with Crippen molar-refractivity contribution in [2.24, 2.45) is 0 Å². The van der Waals surface area contributed by atoms with Gasteiger partial charge in [0.2, 0.25) is 0 Å². The van der Waals surface area contributed by atoms with Crippen LogP contribution in [0, 0.1) is 0 Å². The molecule has 0 fully saturated rings. The van der Waals surface area contributed by atoms with Crippen LogP contribution in [0.5, 0.6) is 0 Å². The van der Waals surface area contributed by atoms with Gasteiger partial charge in [-0.1, -0.05) is 24.3 Å². The van der Waals surface area contributed by atoms with Crippen LogP contribution in [0.2, 0.25) is 0 Å². The van der Waals surface area contributed by atoms with Crippen molar-refractivity contribution in [2.45, 2.75) is 25.7 Å². The number of hydrogen-bond donors (Lipinski definition) is 0. The molecule has 0 saturated heterocycles. The Kier molecular flexibility index (Phi) is 10.3. The van der Waals surface area contributed by atoms with Crippen molar-refractivity contribution in [1.82, 2.24) is 0 Å². The maximum atomic E-state index is 2.91. The average Bonchev–Trinajstić information content (AvgIpc) is 1.90. The number of hydrogen-bond acceptors (Lipinski definition) is 0. The van der Waals surface area contributed by atoms with E-state index in [1.54, 1.807) is 0 Å². The van der Waals surface area contributed by atoms with Crippen LogP contribution in [-0.2, 0) is 17.8 Å². The van der Waals surface area contributed by atoms with Crippen LogP contribution in [0.3, 0.4) is 0 Å². The second kappa shape index (κ2) is 9.65. The zero-order valence-corrected chi connectivity index (χ0v) is 9.69. The van der Waals surface area contributed by atoms with Gasteiger partial charge in [0, 0.05) is 0 Å². The molecule has 0 amide bonds. The van der Waals surface area contributed by atoms with Crippen molar-refractivity contribution in [1.29, 1.82) is 0 Å². The Hall–Kier alpha value is 0.648. The molecule has 61 valence electrons. The van der Waals surface area contributed by atoms with Crippen molar-refractivity contribution in [3.8, 4) is 0 Å². The van der Waals surface area contributed by atoms with Crippen LogP contribution in [0.25, 0.3) is 0 Å². The Balaban J connectivity index is 0.000000371. The van der Waals surface area contributed by atoms with Crippen LogP contribution < -0.4 is 0 Å². The molecule has 0 aliphatic heterocycles. The molecule has 0 atom stereocenters. The van der Waals surface area contributed by atoms with Gasteiger partial charge >= 0.3 is 31.1 Å². The molecule has 0 bridgehead atoms. The fraction of sp³-hybridized carbons (Fsp3) is 0.500. The van der Waals surface area contributed by atoms with Crippen LogP contribution in [0.4, 0.5) is 0 Å². The summed E-state index contributed by atoms with van der Waals surface area (Å²) in [5, 5.41) is 0. The van der Waals surface area contributed by atoms with Crippen LogP contribution in [0.15, 0.2) is 24.3 Å². The van der Waals surface area contributed by atoms with Crippen LogP contribution in [-0.4, -0.2) is 0 Å². The first-order valence-corrected chi connectivity index (χ1v) is 8.38. The Morgan fingerprint density at radius 1 is 0.700 bits per heavy atom. The van der Waals surface area contributed by atoms with Gasteiger partial charge in [-0.15, -0.1) is 0 Å². The minimum atomic E-state index is 1.23. The van der Waals surface area contributed by atoms with Crippen molar-refractivity contribution in [2.75, 3.05) is 0 Å². The van der Waals surface area contributed by atoms with Gasteiger partial charge in [0.15, 0.2) is 0 Å². The van der Waals surface area contributed by atoms with E-state index in [2.05, 4.69) is 37.6 Å². The maximum absolute atomic E-state index is 2.91. The quantitative estimate of drug-likeness (QED) is 0.562. The molecule has 0 nitrogen and oxygen atoms in total. The van der Waals surface area contributed by atoms with E-state index in [4.69, 9.17) is 0 Å². The van der Waals surface area contributed by atoms with Gasteiger partial charge in [0.25, 0.3) is 0 Å². The third-order valence-corrected chi connectivity index (χ3v) is 1.33. The first-order chi connectivity index (χ1) is 5.00. The summed E-state index contributed by atoms with van der Waals surface area (Å²) in [5.74, 6) is 0. The van der Waals surface area contributed by atoms with E-state index in [1.807, 2.05) is 17.8 Å². The molecule has 1 aliphatic carbocycles. The molecule has 1 rings (SSSR count). The summed E-state index contributed by atoms with van der Waals surface area (Å²) in [7, 11) is 0. The number of halogens is 1. The molecule has 0 aromatic carbocycles. The SMILES string of the molecule is C1=CCCC=CCC1.[Br][Pt]. The number of rotatable bonds is 0. The van der Waals surface area contributed by atoms with Crippen molar-refractivity contribution >= 4 is 13.3 Å². The standard InChI is InChI=1S/C8H12.BrH.Pt/c1-2-4-6-8-7-5-3-1;;/h1-2,7-8H,3-6H2;1H;/q;;+1/p-1. The Morgan fingerprint density at radius 3 is 1.10 bits per heavy atom. The Bertz CT molecular complexity index is 81.8. The summed E-state index contributed by atoms with van der Waals surface area (Å²) in [4.78, 5) is 0. The van der Waals surface area contributed by atoms with E-state index < -0.39 is 0 Å². The molecule has 1 aliphatic rings. The molecular formula is C8H12BrPt. The van der Waals surface area contributed by atoms with E-state index in [0.717, 1.165) is 0 Å². The third-order valence-electron chi connectivity index (χ3n) is 1.33. The first-order valence-electron chi connectivity index (χ1n) is 3.42. The normalized spacial score (nSPS) is 16.7. The summed E-state index contributed by atoms with van der Waals surface area (Å²) < 4.78 is 0. The van der Waals surface area contributed by atoms with Gasteiger partial charge in [-0.2, -0.15) is 0 Å². The summed E-state index contributed by atoms with van der Waals surface area (Å²) >= 11 is 4.86. The number of allylic oxidation sites excluding steroid dienone is 4. The predicted octanol–water partition coefficient (Wildman–Crippen LogP) is 3.52. The molecule has 0 unspecified atom stereocenters. The third kappa shape index (κ3) is 6.76. The van der Waals surface area contributed by atoms with Crippen molar-refractivity contribution < 1.29 is 17.8 Å². The Morgan fingerprint density at radius 2 is 0.900 bits per heavy atom. The van der Waals surface area contributed by atoms with E-state index in [1.165, 1.54) is 25.7 Å². The van der Waals surface area contributed by atoms with Crippen LogP contribution >= 0.6 is 13.3 Å². The van der Waals surface area contributed by atoms with E-state index >= 15 is 0 Å². The summed E-state index contributed by atoms with van der Waals surface area (Å²) in [6.45, 7) is 0. The van der Waals surface area contributed by atoms with Crippen molar-refractivity contribution in [3.05, 3.63) is 24.3 Å². The molecule has 2 heteroatoms. The van der Waals surface area contributed by atoms with Crippen LogP contribution in [0.1, 0.15) is 25.7 Å². The van der Waals surface area contributed by atoms with Gasteiger partial charge in [-0.25, -0.2) is 0 Å². The topological polar surface area (TPSA) is 0 Å². The molecule has 0 spiro atoms. The molecule has 0 saturated carbocycles. The van der Waals surface area contributed by atoms with Gasteiger partial charge in [0.1, 0.15) is 0 Å². The monoisotopic (exact) mass is 382 g/mol. The van der Waals surface area contributed by atoms with Crippen molar-refractivity contribution in [3.63, 3.8) is 0 Å². The molecule has 0 aromatic heterocycles. The molecular weight excluding hydrogens is 371 g/mol. The molecule has 0 radical (unpaired) electrons. The van der Waals surface area contributed by atoms with E-state index in [9.17, 15) is 0 Å². The average molecular weight is 383 g/mol. The van der Waals surface area contributed by atoms with Gasteiger partial charge in [0.05, 0.1) is 0 Å². The molecule has 0 aromatic rings.